The van der Waals surface area contributed by atoms with E-state index in [9.17, 15) is 4.39 Å². The van der Waals surface area contributed by atoms with E-state index in [1.807, 2.05) is 0 Å². The first-order chi connectivity index (χ1) is 10.3. The van der Waals surface area contributed by atoms with Crippen LogP contribution in [0.3, 0.4) is 0 Å². The van der Waals surface area contributed by atoms with Crippen molar-refractivity contribution in [3.05, 3.63) is 48.3 Å². The lowest BCUT2D eigenvalue weighted by Crippen LogP contribution is -2.31. The summed E-state index contributed by atoms with van der Waals surface area (Å²) in [6.07, 6.45) is 6.60. The molecule has 1 N–H and O–H groups in total. The summed E-state index contributed by atoms with van der Waals surface area (Å²) in [7, 11) is 0. The second-order valence-electron chi connectivity index (χ2n) is 5.31. The molecule has 2 heterocycles. The number of hydrogen-bond acceptors (Lipinski definition) is 4. The van der Waals surface area contributed by atoms with Gasteiger partial charge in [0.15, 0.2) is 5.75 Å². The van der Waals surface area contributed by atoms with Gasteiger partial charge in [-0.05, 0) is 44.0 Å². The fourth-order valence-corrected chi connectivity index (χ4v) is 2.52. The SMILES string of the molecule is Fc1cccc(Oc2cnc(CC3CCCNC3)nc2)c1. The fraction of sp³-hybridized carbons (Fsp3) is 0.375. The number of ether oxygens (including phenoxy) is 1. The minimum absolute atomic E-state index is 0.324. The van der Waals surface area contributed by atoms with Crippen LogP contribution in [0.4, 0.5) is 4.39 Å². The number of rotatable bonds is 4. The lowest BCUT2D eigenvalue weighted by Gasteiger charge is -2.21. The molecule has 5 heteroatoms. The summed E-state index contributed by atoms with van der Waals surface area (Å²) >= 11 is 0. The van der Waals surface area contributed by atoms with Gasteiger partial charge in [-0.15, -0.1) is 0 Å². The van der Waals surface area contributed by atoms with Crippen LogP contribution in [0, 0.1) is 11.7 Å². The summed E-state index contributed by atoms with van der Waals surface area (Å²) in [5.41, 5.74) is 0. The third-order valence-electron chi connectivity index (χ3n) is 3.58. The highest BCUT2D eigenvalue weighted by molar-refractivity contribution is 5.28. The minimum atomic E-state index is -0.324. The van der Waals surface area contributed by atoms with Crippen molar-refractivity contribution in [2.45, 2.75) is 19.3 Å². The Hall–Kier alpha value is -2.01. The van der Waals surface area contributed by atoms with E-state index >= 15 is 0 Å². The monoisotopic (exact) mass is 287 g/mol. The van der Waals surface area contributed by atoms with Crippen molar-refractivity contribution in [2.75, 3.05) is 13.1 Å². The molecule has 1 aliphatic rings. The quantitative estimate of drug-likeness (QED) is 0.939. The van der Waals surface area contributed by atoms with Crippen molar-refractivity contribution in [1.82, 2.24) is 15.3 Å². The Labute approximate surface area is 123 Å². The van der Waals surface area contributed by atoms with E-state index in [0.717, 1.165) is 25.3 Å². The van der Waals surface area contributed by atoms with Crippen LogP contribution in [0.25, 0.3) is 0 Å². The third kappa shape index (κ3) is 3.98. The number of hydrogen-bond donors (Lipinski definition) is 1. The molecule has 1 atom stereocenters. The molecule has 1 unspecified atom stereocenters. The van der Waals surface area contributed by atoms with E-state index in [1.54, 1.807) is 24.5 Å². The second kappa shape index (κ2) is 6.63. The summed E-state index contributed by atoms with van der Waals surface area (Å²) in [4.78, 5) is 8.67. The van der Waals surface area contributed by atoms with Crippen molar-refractivity contribution < 1.29 is 9.13 Å². The molecule has 1 aromatic heterocycles. The van der Waals surface area contributed by atoms with Gasteiger partial charge >= 0.3 is 0 Å². The molecule has 1 aromatic carbocycles. The molecular weight excluding hydrogens is 269 g/mol. The molecule has 0 amide bonds. The van der Waals surface area contributed by atoms with E-state index in [0.29, 0.717) is 17.4 Å². The zero-order valence-electron chi connectivity index (χ0n) is 11.8. The van der Waals surface area contributed by atoms with Crippen LogP contribution in [-0.2, 0) is 6.42 Å². The van der Waals surface area contributed by atoms with Crippen molar-refractivity contribution in [3.63, 3.8) is 0 Å². The molecule has 1 fully saturated rings. The van der Waals surface area contributed by atoms with Crippen LogP contribution >= 0.6 is 0 Å². The maximum Gasteiger partial charge on any atom is 0.164 e. The van der Waals surface area contributed by atoms with Gasteiger partial charge in [0.25, 0.3) is 0 Å². The van der Waals surface area contributed by atoms with Crippen LogP contribution in [0.2, 0.25) is 0 Å². The summed E-state index contributed by atoms with van der Waals surface area (Å²) in [5, 5.41) is 3.39. The van der Waals surface area contributed by atoms with E-state index in [1.165, 1.54) is 25.0 Å². The first kappa shape index (κ1) is 13.9. The van der Waals surface area contributed by atoms with Gasteiger partial charge in [0, 0.05) is 12.5 Å². The van der Waals surface area contributed by atoms with Gasteiger partial charge in [0.1, 0.15) is 17.4 Å². The highest BCUT2D eigenvalue weighted by Gasteiger charge is 2.14. The number of benzene rings is 1. The van der Waals surface area contributed by atoms with Gasteiger partial charge in [0.05, 0.1) is 12.4 Å². The topological polar surface area (TPSA) is 47.0 Å². The predicted octanol–water partition coefficient (Wildman–Crippen LogP) is 2.95. The van der Waals surface area contributed by atoms with Crippen molar-refractivity contribution >= 4 is 0 Å². The van der Waals surface area contributed by atoms with Crippen LogP contribution in [0.5, 0.6) is 11.5 Å². The largest absolute Gasteiger partial charge is 0.454 e. The zero-order chi connectivity index (χ0) is 14.5. The molecule has 1 aliphatic heterocycles. The molecule has 2 aromatic rings. The van der Waals surface area contributed by atoms with Gasteiger partial charge in [-0.25, -0.2) is 14.4 Å². The smallest absolute Gasteiger partial charge is 0.164 e. The number of nitrogens with one attached hydrogen (secondary N) is 1. The molecule has 0 spiro atoms. The average Bonchev–Trinajstić information content (AvgIpc) is 2.50. The predicted molar refractivity (Wildman–Crippen MR) is 77.8 cm³/mol. The summed E-state index contributed by atoms with van der Waals surface area (Å²) in [5.74, 6) is 2.08. The van der Waals surface area contributed by atoms with Crippen LogP contribution in [0.1, 0.15) is 18.7 Å². The summed E-state index contributed by atoms with van der Waals surface area (Å²) < 4.78 is 18.6. The molecule has 0 aliphatic carbocycles. The normalized spacial score (nSPS) is 18.4. The van der Waals surface area contributed by atoms with Gasteiger partial charge in [-0.3, -0.25) is 0 Å². The molecule has 0 saturated carbocycles. The van der Waals surface area contributed by atoms with E-state index < -0.39 is 0 Å². The number of piperidine rings is 1. The average molecular weight is 287 g/mol. The highest BCUT2D eigenvalue weighted by Crippen LogP contribution is 2.21. The van der Waals surface area contributed by atoms with Gasteiger partial charge in [0.2, 0.25) is 0 Å². The molecule has 4 nitrogen and oxygen atoms in total. The van der Waals surface area contributed by atoms with E-state index in [4.69, 9.17) is 4.74 Å². The molecule has 0 bridgehead atoms. The zero-order valence-corrected chi connectivity index (χ0v) is 11.8. The van der Waals surface area contributed by atoms with Crippen molar-refractivity contribution in [2.24, 2.45) is 5.92 Å². The van der Waals surface area contributed by atoms with E-state index in [-0.39, 0.29) is 5.82 Å². The van der Waals surface area contributed by atoms with Gasteiger partial charge in [-0.2, -0.15) is 0 Å². The van der Waals surface area contributed by atoms with Crippen LogP contribution in [-0.4, -0.2) is 23.1 Å². The Morgan fingerprint density at radius 2 is 2.10 bits per heavy atom. The molecular formula is C16H18FN3O. The lowest BCUT2D eigenvalue weighted by atomic mass is 9.96. The Morgan fingerprint density at radius 1 is 1.24 bits per heavy atom. The summed E-state index contributed by atoms with van der Waals surface area (Å²) in [6, 6.07) is 6.02. The van der Waals surface area contributed by atoms with Crippen molar-refractivity contribution in [1.29, 1.82) is 0 Å². The van der Waals surface area contributed by atoms with Gasteiger partial charge in [-0.1, -0.05) is 6.07 Å². The Balaban J connectivity index is 1.61. The third-order valence-corrected chi connectivity index (χ3v) is 3.58. The molecule has 21 heavy (non-hydrogen) atoms. The minimum Gasteiger partial charge on any atom is -0.454 e. The second-order valence-corrected chi connectivity index (χ2v) is 5.31. The fourth-order valence-electron chi connectivity index (χ4n) is 2.52. The van der Waals surface area contributed by atoms with Gasteiger partial charge < -0.3 is 10.1 Å². The first-order valence-corrected chi connectivity index (χ1v) is 7.24. The number of halogens is 1. The lowest BCUT2D eigenvalue weighted by molar-refractivity contribution is 0.370. The Kier molecular flexibility index (Phi) is 4.40. The first-order valence-electron chi connectivity index (χ1n) is 7.24. The van der Waals surface area contributed by atoms with Crippen molar-refractivity contribution in [3.8, 4) is 11.5 Å². The summed E-state index contributed by atoms with van der Waals surface area (Å²) in [6.45, 7) is 2.14. The molecule has 110 valence electrons. The number of aromatic nitrogens is 2. The maximum absolute atomic E-state index is 13.1. The molecule has 0 radical (unpaired) electrons. The highest BCUT2D eigenvalue weighted by atomic mass is 19.1. The van der Waals surface area contributed by atoms with E-state index in [2.05, 4.69) is 15.3 Å². The Morgan fingerprint density at radius 3 is 2.81 bits per heavy atom. The maximum atomic E-state index is 13.1. The van der Waals surface area contributed by atoms with Crippen LogP contribution in [0.15, 0.2) is 36.7 Å². The van der Waals surface area contributed by atoms with Crippen LogP contribution < -0.4 is 10.1 Å². The Bertz CT molecular complexity index is 582. The molecule has 3 rings (SSSR count). The number of nitrogens with zero attached hydrogens (tertiary/aromatic N) is 2. The molecule has 1 saturated heterocycles. The standard InChI is InChI=1S/C16H18FN3O/c17-13-4-1-5-14(8-13)21-15-10-19-16(20-11-15)7-12-3-2-6-18-9-12/h1,4-5,8,10-12,18H,2-3,6-7,9H2.